The van der Waals surface area contributed by atoms with Gasteiger partial charge < -0.3 is 4.74 Å². The van der Waals surface area contributed by atoms with Crippen LogP contribution in [-0.4, -0.2) is 28.2 Å². The molecule has 6 heteroatoms. The van der Waals surface area contributed by atoms with Gasteiger partial charge in [0.2, 0.25) is 0 Å². The van der Waals surface area contributed by atoms with Crippen molar-refractivity contribution in [3.63, 3.8) is 0 Å². The first kappa shape index (κ1) is 13.3. The van der Waals surface area contributed by atoms with Crippen molar-refractivity contribution in [3.8, 4) is 5.69 Å². The molecule has 3 rings (SSSR count). The minimum atomic E-state index is 0.382. The lowest BCUT2D eigenvalue weighted by molar-refractivity contribution is 0.129. The van der Waals surface area contributed by atoms with E-state index in [1.807, 2.05) is 35.0 Å². The molecular formula is C13H14N2OS3. The molecule has 1 aliphatic rings. The Labute approximate surface area is 125 Å². The third-order valence-electron chi connectivity index (χ3n) is 2.95. The number of nitrogens with zero attached hydrogens (tertiary/aromatic N) is 2. The highest BCUT2D eigenvalue weighted by Crippen LogP contribution is 2.27. The summed E-state index contributed by atoms with van der Waals surface area (Å²) in [5, 5.41) is 4.58. The van der Waals surface area contributed by atoms with Crippen molar-refractivity contribution in [2.24, 2.45) is 0 Å². The molecule has 0 saturated carbocycles. The number of thioether (sulfide) groups is 1. The standard InChI is InChI=1S/C13H14N2OS3/c17-13-15(10-5-2-1-3-6-10)14-12(19-13)18-9-11-7-4-8-16-11/h1-3,5-6,11H,4,7-9H2. The van der Waals surface area contributed by atoms with Crippen LogP contribution in [0.3, 0.4) is 0 Å². The first-order valence-electron chi connectivity index (χ1n) is 6.23. The molecule has 1 aliphatic heterocycles. The lowest BCUT2D eigenvalue weighted by Gasteiger charge is -2.05. The lowest BCUT2D eigenvalue weighted by Crippen LogP contribution is -2.07. The van der Waals surface area contributed by atoms with Gasteiger partial charge in [0.05, 0.1) is 11.8 Å². The van der Waals surface area contributed by atoms with E-state index in [0.717, 1.165) is 32.8 Å². The fourth-order valence-electron chi connectivity index (χ4n) is 1.99. The molecule has 1 atom stereocenters. The largest absolute Gasteiger partial charge is 0.377 e. The molecule has 0 amide bonds. The highest BCUT2D eigenvalue weighted by Gasteiger charge is 2.16. The van der Waals surface area contributed by atoms with Crippen LogP contribution >= 0.6 is 35.3 Å². The van der Waals surface area contributed by atoms with Crippen molar-refractivity contribution in [1.82, 2.24) is 9.78 Å². The zero-order chi connectivity index (χ0) is 13.1. The topological polar surface area (TPSA) is 27.1 Å². The maximum absolute atomic E-state index is 5.62. The quantitative estimate of drug-likeness (QED) is 0.631. The van der Waals surface area contributed by atoms with Gasteiger partial charge in [-0.2, -0.15) is 0 Å². The van der Waals surface area contributed by atoms with E-state index in [1.165, 1.54) is 6.42 Å². The van der Waals surface area contributed by atoms with Crippen molar-refractivity contribution < 1.29 is 4.74 Å². The summed E-state index contributed by atoms with van der Waals surface area (Å²) in [5.41, 5.74) is 1.02. The number of rotatable bonds is 4. The summed E-state index contributed by atoms with van der Waals surface area (Å²) in [6.07, 6.45) is 2.73. The Hall–Kier alpha value is -0.690. The predicted molar refractivity (Wildman–Crippen MR) is 82.0 cm³/mol. The maximum Gasteiger partial charge on any atom is 0.184 e. The van der Waals surface area contributed by atoms with E-state index in [9.17, 15) is 0 Å². The van der Waals surface area contributed by atoms with Gasteiger partial charge in [-0.25, -0.2) is 4.68 Å². The van der Waals surface area contributed by atoms with Crippen molar-refractivity contribution >= 4 is 35.3 Å². The maximum atomic E-state index is 5.62. The predicted octanol–water partition coefficient (Wildman–Crippen LogP) is 3.93. The Morgan fingerprint density at radius 1 is 1.42 bits per heavy atom. The van der Waals surface area contributed by atoms with Crippen molar-refractivity contribution in [2.75, 3.05) is 12.4 Å². The highest BCUT2D eigenvalue weighted by atomic mass is 32.2. The van der Waals surface area contributed by atoms with Gasteiger partial charge in [-0.15, -0.1) is 5.10 Å². The van der Waals surface area contributed by atoms with Crippen LogP contribution in [0.2, 0.25) is 0 Å². The molecule has 2 aromatic rings. The van der Waals surface area contributed by atoms with Crippen molar-refractivity contribution in [2.45, 2.75) is 23.3 Å². The van der Waals surface area contributed by atoms with Gasteiger partial charge in [0.25, 0.3) is 0 Å². The van der Waals surface area contributed by atoms with E-state index < -0.39 is 0 Å². The summed E-state index contributed by atoms with van der Waals surface area (Å²) >= 11 is 8.69. The summed E-state index contributed by atoms with van der Waals surface area (Å²) in [6.45, 7) is 0.902. The summed E-state index contributed by atoms with van der Waals surface area (Å²) in [4.78, 5) is 0. The van der Waals surface area contributed by atoms with Gasteiger partial charge in [0.1, 0.15) is 0 Å². The molecule has 3 nitrogen and oxygen atoms in total. The van der Waals surface area contributed by atoms with E-state index in [4.69, 9.17) is 17.0 Å². The van der Waals surface area contributed by atoms with Crippen LogP contribution < -0.4 is 0 Å². The lowest BCUT2D eigenvalue weighted by atomic mass is 10.3. The number of ether oxygens (including phenoxy) is 1. The van der Waals surface area contributed by atoms with Crippen molar-refractivity contribution in [1.29, 1.82) is 0 Å². The molecule has 0 aliphatic carbocycles. The minimum Gasteiger partial charge on any atom is -0.377 e. The third kappa shape index (κ3) is 3.25. The average Bonchev–Trinajstić information content (AvgIpc) is 3.07. The molecule has 100 valence electrons. The Balaban J connectivity index is 1.72. The molecule has 1 aromatic carbocycles. The molecule has 1 saturated heterocycles. The van der Waals surface area contributed by atoms with Gasteiger partial charge in [-0.05, 0) is 37.2 Å². The second-order valence-electron chi connectivity index (χ2n) is 4.33. The van der Waals surface area contributed by atoms with Gasteiger partial charge in [0, 0.05) is 12.4 Å². The second-order valence-corrected chi connectivity index (χ2v) is 7.22. The molecule has 0 N–H and O–H groups in total. The van der Waals surface area contributed by atoms with Crippen LogP contribution in [0.25, 0.3) is 5.69 Å². The van der Waals surface area contributed by atoms with E-state index in [1.54, 1.807) is 23.1 Å². The summed E-state index contributed by atoms with van der Waals surface area (Å²) in [5.74, 6) is 0.969. The summed E-state index contributed by atoms with van der Waals surface area (Å²) < 4.78 is 9.26. The highest BCUT2D eigenvalue weighted by molar-refractivity contribution is 8.01. The molecule has 1 aromatic heterocycles. The molecule has 0 radical (unpaired) electrons. The Morgan fingerprint density at radius 3 is 3.00 bits per heavy atom. The van der Waals surface area contributed by atoms with Crippen LogP contribution in [0.15, 0.2) is 34.7 Å². The zero-order valence-corrected chi connectivity index (χ0v) is 12.8. The molecule has 1 fully saturated rings. The summed E-state index contributed by atoms with van der Waals surface area (Å²) in [7, 11) is 0. The Morgan fingerprint density at radius 2 is 2.26 bits per heavy atom. The number of hydrogen-bond donors (Lipinski definition) is 0. The van der Waals surface area contributed by atoms with Crippen molar-refractivity contribution in [3.05, 3.63) is 34.3 Å². The van der Waals surface area contributed by atoms with Crippen LogP contribution in [0.5, 0.6) is 0 Å². The molecule has 2 heterocycles. The first-order chi connectivity index (χ1) is 9.33. The number of hydrogen-bond acceptors (Lipinski definition) is 5. The summed E-state index contributed by atoms with van der Waals surface area (Å²) in [6, 6.07) is 10.0. The SMILES string of the molecule is S=c1sc(SCC2CCCO2)nn1-c1ccccc1. The van der Waals surface area contributed by atoms with E-state index in [0.29, 0.717) is 6.10 Å². The Kier molecular flexibility index (Phi) is 4.32. The zero-order valence-electron chi connectivity index (χ0n) is 10.3. The van der Waals surface area contributed by atoms with Gasteiger partial charge in [-0.1, -0.05) is 41.3 Å². The number of benzene rings is 1. The molecule has 0 bridgehead atoms. The molecular weight excluding hydrogens is 296 g/mol. The fraction of sp³-hybridized carbons (Fsp3) is 0.385. The second kappa shape index (κ2) is 6.17. The Bertz CT molecular complexity index is 587. The van der Waals surface area contributed by atoms with E-state index in [-0.39, 0.29) is 0 Å². The van der Waals surface area contributed by atoms with E-state index in [2.05, 4.69) is 5.10 Å². The monoisotopic (exact) mass is 310 g/mol. The van der Waals surface area contributed by atoms with Crippen LogP contribution in [0.4, 0.5) is 0 Å². The van der Waals surface area contributed by atoms with Gasteiger partial charge in [-0.3, -0.25) is 0 Å². The third-order valence-corrected chi connectivity index (χ3v) is 5.44. The normalized spacial score (nSPS) is 18.8. The molecule has 19 heavy (non-hydrogen) atoms. The smallest absolute Gasteiger partial charge is 0.184 e. The molecule has 1 unspecified atom stereocenters. The first-order valence-corrected chi connectivity index (χ1v) is 8.44. The van der Waals surface area contributed by atoms with Gasteiger partial charge in [0.15, 0.2) is 8.29 Å². The minimum absolute atomic E-state index is 0.382. The van der Waals surface area contributed by atoms with Crippen LogP contribution in [0, 0.1) is 3.95 Å². The van der Waals surface area contributed by atoms with Crippen LogP contribution in [-0.2, 0) is 4.74 Å². The van der Waals surface area contributed by atoms with Crippen LogP contribution in [0.1, 0.15) is 12.8 Å². The molecule has 0 spiro atoms. The average molecular weight is 310 g/mol. The fourth-order valence-corrected chi connectivity index (χ4v) is 4.44. The van der Waals surface area contributed by atoms with E-state index >= 15 is 0 Å². The number of aromatic nitrogens is 2. The van der Waals surface area contributed by atoms with Gasteiger partial charge >= 0.3 is 0 Å². The number of para-hydroxylation sites is 1.